The van der Waals surface area contributed by atoms with Crippen molar-refractivity contribution in [2.45, 2.75) is 26.3 Å². The summed E-state index contributed by atoms with van der Waals surface area (Å²) in [5, 5.41) is 3.66. The summed E-state index contributed by atoms with van der Waals surface area (Å²) in [7, 11) is -2.40. The second-order valence-electron chi connectivity index (χ2n) is 6.25. The molecule has 2 aromatic rings. The van der Waals surface area contributed by atoms with Crippen LogP contribution >= 0.6 is 23.2 Å². The molecule has 0 radical (unpaired) electrons. The summed E-state index contributed by atoms with van der Waals surface area (Å²) in [6, 6.07) is 8.65. The summed E-state index contributed by atoms with van der Waals surface area (Å²) in [5.41, 5.74) is 1.52. The Morgan fingerprint density at radius 2 is 1.79 bits per heavy atom. The van der Waals surface area contributed by atoms with Gasteiger partial charge in [-0.1, -0.05) is 30.1 Å². The SMILES string of the molecule is CC[C@H](C(=O)Nc1ccc(Cl)cc1C)N(c1cc(Cl)ccc1OC)S(C)(=O)=O. The molecule has 1 amide bonds. The lowest BCUT2D eigenvalue weighted by Gasteiger charge is -2.31. The molecule has 0 heterocycles. The number of ether oxygens (including phenoxy) is 1. The average molecular weight is 445 g/mol. The Hall–Kier alpha value is -1.96. The quantitative estimate of drug-likeness (QED) is 0.681. The van der Waals surface area contributed by atoms with Crippen LogP contribution in [0.25, 0.3) is 0 Å². The monoisotopic (exact) mass is 444 g/mol. The molecule has 0 saturated carbocycles. The van der Waals surface area contributed by atoms with Crippen molar-refractivity contribution < 1.29 is 17.9 Å². The second-order valence-corrected chi connectivity index (χ2v) is 8.98. The first-order valence-electron chi connectivity index (χ1n) is 8.48. The first-order chi connectivity index (χ1) is 13.1. The number of nitrogens with zero attached hydrogens (tertiary/aromatic N) is 1. The lowest BCUT2D eigenvalue weighted by Crippen LogP contribution is -2.47. The third-order valence-corrected chi connectivity index (χ3v) is 5.79. The number of amides is 1. The molecule has 0 bridgehead atoms. The van der Waals surface area contributed by atoms with Crippen molar-refractivity contribution in [1.82, 2.24) is 0 Å². The zero-order valence-electron chi connectivity index (χ0n) is 16.0. The topological polar surface area (TPSA) is 75.7 Å². The van der Waals surface area contributed by atoms with Crippen molar-refractivity contribution in [3.8, 4) is 5.75 Å². The van der Waals surface area contributed by atoms with Crippen LogP contribution in [0.15, 0.2) is 36.4 Å². The molecule has 0 aliphatic carbocycles. The Morgan fingerprint density at radius 1 is 1.18 bits per heavy atom. The van der Waals surface area contributed by atoms with E-state index in [1.54, 1.807) is 44.2 Å². The van der Waals surface area contributed by atoms with Crippen LogP contribution in [0.4, 0.5) is 11.4 Å². The standard InChI is InChI=1S/C19H22Cl2N2O4S/c1-5-16(19(24)22-15-8-6-13(20)10-12(15)2)23(28(4,25)26)17-11-14(21)7-9-18(17)27-3/h6-11,16H,5H2,1-4H3,(H,22,24)/t16-/m1/s1. The molecule has 0 aliphatic heterocycles. The van der Waals surface area contributed by atoms with E-state index in [0.29, 0.717) is 21.5 Å². The molecule has 0 spiro atoms. The molecule has 1 atom stereocenters. The predicted molar refractivity (Wildman–Crippen MR) is 114 cm³/mol. The zero-order chi connectivity index (χ0) is 21.1. The number of sulfonamides is 1. The molecule has 152 valence electrons. The molecule has 0 aliphatic rings. The van der Waals surface area contributed by atoms with Gasteiger partial charge in [0.1, 0.15) is 11.8 Å². The molecule has 2 rings (SSSR count). The summed E-state index contributed by atoms with van der Waals surface area (Å²) in [6.45, 7) is 3.53. The van der Waals surface area contributed by atoms with Gasteiger partial charge >= 0.3 is 0 Å². The molecule has 0 unspecified atom stereocenters. The van der Waals surface area contributed by atoms with Gasteiger partial charge in [0.05, 0.1) is 19.1 Å². The summed E-state index contributed by atoms with van der Waals surface area (Å²) in [6.07, 6.45) is 1.28. The van der Waals surface area contributed by atoms with Crippen LogP contribution < -0.4 is 14.4 Å². The maximum absolute atomic E-state index is 13.0. The Balaban J connectivity index is 2.49. The molecular formula is C19H22Cl2N2O4S. The minimum absolute atomic E-state index is 0.201. The number of anilines is 2. The predicted octanol–water partition coefficient (Wildman–Crippen LogP) is 4.49. The fraction of sp³-hybridized carbons (Fsp3) is 0.316. The third kappa shape index (κ3) is 5.10. The molecule has 9 heteroatoms. The smallest absolute Gasteiger partial charge is 0.248 e. The maximum atomic E-state index is 13.0. The van der Waals surface area contributed by atoms with Gasteiger partial charge in [-0.25, -0.2) is 8.42 Å². The van der Waals surface area contributed by atoms with Crippen molar-refractivity contribution in [3.05, 3.63) is 52.0 Å². The fourth-order valence-electron chi connectivity index (χ4n) is 2.85. The summed E-state index contributed by atoms with van der Waals surface area (Å²) in [5.74, 6) is -0.177. The molecule has 0 fully saturated rings. The third-order valence-electron chi connectivity index (χ3n) is 4.15. The molecular weight excluding hydrogens is 423 g/mol. The number of halogens is 2. The van der Waals surface area contributed by atoms with Crippen LogP contribution in [-0.4, -0.2) is 33.7 Å². The van der Waals surface area contributed by atoms with E-state index < -0.39 is 22.0 Å². The van der Waals surface area contributed by atoms with Gasteiger partial charge < -0.3 is 10.1 Å². The van der Waals surface area contributed by atoms with E-state index in [2.05, 4.69) is 5.32 Å². The van der Waals surface area contributed by atoms with Gasteiger partial charge in [0.25, 0.3) is 0 Å². The Morgan fingerprint density at radius 3 is 2.32 bits per heavy atom. The highest BCUT2D eigenvalue weighted by Crippen LogP contribution is 2.35. The van der Waals surface area contributed by atoms with Gasteiger partial charge in [-0.15, -0.1) is 0 Å². The Labute approximate surface area is 175 Å². The zero-order valence-corrected chi connectivity index (χ0v) is 18.3. The minimum atomic E-state index is -3.82. The van der Waals surface area contributed by atoms with E-state index in [9.17, 15) is 13.2 Å². The number of hydrogen-bond acceptors (Lipinski definition) is 4. The van der Waals surface area contributed by atoms with Gasteiger partial charge in [-0.3, -0.25) is 9.10 Å². The lowest BCUT2D eigenvalue weighted by molar-refractivity contribution is -0.117. The maximum Gasteiger partial charge on any atom is 0.248 e. The largest absolute Gasteiger partial charge is 0.495 e. The fourth-order valence-corrected chi connectivity index (χ4v) is 4.45. The highest BCUT2D eigenvalue weighted by molar-refractivity contribution is 7.92. The van der Waals surface area contributed by atoms with Crippen LogP contribution in [0.3, 0.4) is 0 Å². The van der Waals surface area contributed by atoms with Gasteiger partial charge in [0, 0.05) is 15.7 Å². The number of benzene rings is 2. The number of rotatable bonds is 7. The number of methoxy groups -OCH3 is 1. The van der Waals surface area contributed by atoms with Crippen LogP contribution in [0.1, 0.15) is 18.9 Å². The van der Waals surface area contributed by atoms with Gasteiger partial charge in [-0.05, 0) is 55.3 Å². The molecule has 6 nitrogen and oxygen atoms in total. The van der Waals surface area contributed by atoms with Crippen molar-refractivity contribution >= 4 is 50.5 Å². The summed E-state index contributed by atoms with van der Waals surface area (Å²) < 4.78 is 31.6. The number of carbonyl (C=O) groups is 1. The number of nitrogens with one attached hydrogen (secondary N) is 1. The normalized spacial score (nSPS) is 12.4. The summed E-state index contributed by atoms with van der Waals surface area (Å²) >= 11 is 12.0. The molecule has 2 aromatic carbocycles. The van der Waals surface area contributed by atoms with Crippen molar-refractivity contribution in [2.75, 3.05) is 23.0 Å². The average Bonchev–Trinajstić information content (AvgIpc) is 2.60. The lowest BCUT2D eigenvalue weighted by atomic mass is 10.1. The van der Waals surface area contributed by atoms with Gasteiger partial charge in [0.15, 0.2) is 0 Å². The van der Waals surface area contributed by atoms with E-state index in [1.165, 1.54) is 13.2 Å². The number of aryl methyl sites for hydroxylation is 1. The second kappa shape index (κ2) is 9.03. The van der Waals surface area contributed by atoms with Crippen LogP contribution in [-0.2, 0) is 14.8 Å². The molecule has 0 saturated heterocycles. The van der Waals surface area contributed by atoms with E-state index in [1.807, 2.05) is 0 Å². The summed E-state index contributed by atoms with van der Waals surface area (Å²) in [4.78, 5) is 13.0. The highest BCUT2D eigenvalue weighted by Gasteiger charge is 2.33. The number of carbonyl (C=O) groups excluding carboxylic acids is 1. The van der Waals surface area contributed by atoms with Gasteiger partial charge in [0.2, 0.25) is 15.9 Å². The van der Waals surface area contributed by atoms with Crippen LogP contribution in [0.2, 0.25) is 10.0 Å². The Bertz CT molecular complexity index is 980. The molecule has 28 heavy (non-hydrogen) atoms. The van der Waals surface area contributed by atoms with Crippen LogP contribution in [0.5, 0.6) is 5.75 Å². The molecule has 0 aromatic heterocycles. The number of hydrogen-bond donors (Lipinski definition) is 1. The minimum Gasteiger partial charge on any atom is -0.495 e. The molecule has 1 N–H and O–H groups in total. The van der Waals surface area contributed by atoms with Crippen molar-refractivity contribution in [2.24, 2.45) is 0 Å². The van der Waals surface area contributed by atoms with Crippen molar-refractivity contribution in [3.63, 3.8) is 0 Å². The van der Waals surface area contributed by atoms with Crippen LogP contribution in [0, 0.1) is 6.92 Å². The van der Waals surface area contributed by atoms with Crippen molar-refractivity contribution in [1.29, 1.82) is 0 Å². The van der Waals surface area contributed by atoms with E-state index in [4.69, 9.17) is 27.9 Å². The van der Waals surface area contributed by atoms with E-state index in [-0.39, 0.29) is 12.1 Å². The van der Waals surface area contributed by atoms with E-state index >= 15 is 0 Å². The van der Waals surface area contributed by atoms with E-state index in [0.717, 1.165) is 16.1 Å². The first-order valence-corrected chi connectivity index (χ1v) is 11.1. The first kappa shape index (κ1) is 22.3. The highest BCUT2D eigenvalue weighted by atomic mass is 35.5. The Kier molecular flexibility index (Phi) is 7.20. The van der Waals surface area contributed by atoms with Gasteiger partial charge in [-0.2, -0.15) is 0 Å².